The van der Waals surface area contributed by atoms with Gasteiger partial charge in [-0.3, -0.25) is 4.68 Å². The molecule has 0 amide bonds. The van der Waals surface area contributed by atoms with E-state index in [2.05, 4.69) is 36.3 Å². The Bertz CT molecular complexity index is 552. The van der Waals surface area contributed by atoms with Crippen LogP contribution in [0, 0.1) is 5.41 Å². The maximum atomic E-state index is 6.31. The highest BCUT2D eigenvalue weighted by molar-refractivity contribution is 6.21. The average molecular weight is 249 g/mol. The highest BCUT2D eigenvalue weighted by atomic mass is 35.5. The monoisotopic (exact) mass is 248 g/mol. The molecular weight excluding hydrogens is 232 g/mol. The molecule has 2 aromatic rings. The highest BCUT2D eigenvalue weighted by Crippen LogP contribution is 2.53. The number of para-hydroxylation sites is 1. The first-order valence-corrected chi connectivity index (χ1v) is 6.61. The summed E-state index contributed by atoms with van der Waals surface area (Å²) in [7, 11) is 2.01. The molecule has 1 saturated carbocycles. The second kappa shape index (κ2) is 3.74. The van der Waals surface area contributed by atoms with Crippen LogP contribution >= 0.6 is 11.6 Å². The van der Waals surface area contributed by atoms with Crippen LogP contribution in [0.1, 0.15) is 25.5 Å². The van der Waals surface area contributed by atoms with Crippen LogP contribution in [-0.4, -0.2) is 15.2 Å². The standard InChI is InChI=1S/C14H17ClN2/c1-10(15)14(7-8-14)9-12-11-5-3-4-6-13(11)17(2)16-12/h3-6,10H,7-9H2,1-2H3. The molecule has 3 rings (SSSR count). The van der Waals surface area contributed by atoms with E-state index in [9.17, 15) is 0 Å². The van der Waals surface area contributed by atoms with Crippen molar-refractivity contribution in [3.05, 3.63) is 30.0 Å². The van der Waals surface area contributed by atoms with E-state index >= 15 is 0 Å². The van der Waals surface area contributed by atoms with E-state index < -0.39 is 0 Å². The number of hydrogen-bond donors (Lipinski definition) is 0. The molecule has 1 aromatic heterocycles. The van der Waals surface area contributed by atoms with Crippen LogP contribution in [0.2, 0.25) is 0 Å². The molecule has 1 atom stereocenters. The molecule has 1 fully saturated rings. The minimum absolute atomic E-state index is 0.239. The fraction of sp³-hybridized carbons (Fsp3) is 0.500. The van der Waals surface area contributed by atoms with E-state index in [1.54, 1.807) is 0 Å². The number of aromatic nitrogens is 2. The van der Waals surface area contributed by atoms with Crippen molar-refractivity contribution < 1.29 is 0 Å². The molecule has 17 heavy (non-hydrogen) atoms. The number of benzene rings is 1. The molecule has 1 unspecified atom stereocenters. The van der Waals surface area contributed by atoms with Crippen LogP contribution in [0.4, 0.5) is 0 Å². The van der Waals surface area contributed by atoms with E-state index in [0.717, 1.165) is 6.42 Å². The number of nitrogens with zero attached hydrogens (tertiary/aromatic N) is 2. The summed E-state index contributed by atoms with van der Waals surface area (Å²) in [6, 6.07) is 8.42. The second-order valence-electron chi connectivity index (χ2n) is 5.24. The van der Waals surface area contributed by atoms with Gasteiger partial charge in [-0.25, -0.2) is 0 Å². The Labute approximate surface area is 107 Å². The predicted molar refractivity (Wildman–Crippen MR) is 71.4 cm³/mol. The van der Waals surface area contributed by atoms with E-state index in [0.29, 0.717) is 5.41 Å². The quantitative estimate of drug-likeness (QED) is 0.760. The highest BCUT2D eigenvalue weighted by Gasteiger charge is 2.47. The molecular formula is C14H17ClN2. The van der Waals surface area contributed by atoms with Crippen molar-refractivity contribution in [2.24, 2.45) is 12.5 Å². The van der Waals surface area contributed by atoms with Crippen LogP contribution in [0.25, 0.3) is 10.9 Å². The van der Waals surface area contributed by atoms with Gasteiger partial charge in [-0.15, -0.1) is 11.6 Å². The smallest absolute Gasteiger partial charge is 0.0709 e. The van der Waals surface area contributed by atoms with Gasteiger partial charge in [0.15, 0.2) is 0 Å². The van der Waals surface area contributed by atoms with Crippen molar-refractivity contribution in [1.82, 2.24) is 9.78 Å². The van der Waals surface area contributed by atoms with Crippen molar-refractivity contribution in [1.29, 1.82) is 0 Å². The summed E-state index contributed by atoms with van der Waals surface area (Å²) >= 11 is 6.31. The average Bonchev–Trinajstić information content (AvgIpc) is 3.03. The van der Waals surface area contributed by atoms with Gasteiger partial charge in [0.2, 0.25) is 0 Å². The third-order valence-corrected chi connectivity index (χ3v) is 4.55. The number of fused-ring (bicyclic) bond motifs is 1. The molecule has 0 radical (unpaired) electrons. The van der Waals surface area contributed by atoms with Crippen molar-refractivity contribution in [3.63, 3.8) is 0 Å². The third-order valence-electron chi connectivity index (χ3n) is 4.09. The predicted octanol–water partition coefficient (Wildman–Crippen LogP) is 3.52. The van der Waals surface area contributed by atoms with Gasteiger partial charge >= 0.3 is 0 Å². The van der Waals surface area contributed by atoms with Gasteiger partial charge in [0.25, 0.3) is 0 Å². The molecule has 90 valence electrons. The first kappa shape index (κ1) is 11.1. The first-order valence-electron chi connectivity index (χ1n) is 6.17. The second-order valence-corrected chi connectivity index (χ2v) is 5.90. The number of aryl methyl sites for hydroxylation is 1. The molecule has 0 spiro atoms. The first-order chi connectivity index (χ1) is 8.12. The fourth-order valence-corrected chi connectivity index (χ4v) is 2.92. The molecule has 1 aliphatic carbocycles. The summed E-state index contributed by atoms with van der Waals surface area (Å²) in [5.41, 5.74) is 2.72. The van der Waals surface area contributed by atoms with E-state index in [1.807, 2.05) is 11.7 Å². The van der Waals surface area contributed by atoms with Crippen LogP contribution in [0.3, 0.4) is 0 Å². The van der Waals surface area contributed by atoms with Gasteiger partial charge in [-0.1, -0.05) is 18.2 Å². The van der Waals surface area contributed by atoms with Gasteiger partial charge in [0, 0.05) is 17.8 Å². The minimum Gasteiger partial charge on any atom is -0.268 e. The normalized spacial score (nSPS) is 19.5. The summed E-state index contributed by atoms with van der Waals surface area (Å²) in [6.45, 7) is 2.11. The summed E-state index contributed by atoms with van der Waals surface area (Å²) in [6.07, 6.45) is 3.49. The van der Waals surface area contributed by atoms with E-state index in [4.69, 9.17) is 11.6 Å². The Morgan fingerprint density at radius 2 is 2.12 bits per heavy atom. The van der Waals surface area contributed by atoms with Gasteiger partial charge < -0.3 is 0 Å². The largest absolute Gasteiger partial charge is 0.268 e. The Morgan fingerprint density at radius 1 is 1.41 bits per heavy atom. The van der Waals surface area contributed by atoms with Crippen molar-refractivity contribution in [3.8, 4) is 0 Å². The topological polar surface area (TPSA) is 17.8 Å². The number of alkyl halides is 1. The molecule has 0 saturated heterocycles. The van der Waals surface area contributed by atoms with Crippen LogP contribution < -0.4 is 0 Å². The molecule has 0 aliphatic heterocycles. The molecule has 1 aliphatic rings. The molecule has 2 nitrogen and oxygen atoms in total. The van der Waals surface area contributed by atoms with Crippen molar-refractivity contribution >= 4 is 22.5 Å². The van der Waals surface area contributed by atoms with Crippen LogP contribution in [-0.2, 0) is 13.5 Å². The summed E-state index contributed by atoms with van der Waals surface area (Å²) in [5, 5.41) is 6.17. The number of hydrogen-bond acceptors (Lipinski definition) is 1. The minimum atomic E-state index is 0.239. The Balaban J connectivity index is 2.01. The lowest BCUT2D eigenvalue weighted by atomic mass is 9.95. The van der Waals surface area contributed by atoms with E-state index in [1.165, 1.54) is 29.4 Å². The van der Waals surface area contributed by atoms with Crippen molar-refractivity contribution in [2.75, 3.05) is 0 Å². The summed E-state index contributed by atoms with van der Waals surface area (Å²) < 4.78 is 1.97. The van der Waals surface area contributed by atoms with Crippen LogP contribution in [0.15, 0.2) is 24.3 Å². The molecule has 0 bridgehead atoms. The van der Waals surface area contributed by atoms with E-state index in [-0.39, 0.29) is 5.38 Å². The SMILES string of the molecule is CC(Cl)C1(Cc2nn(C)c3ccccc23)CC1. The Morgan fingerprint density at radius 3 is 2.76 bits per heavy atom. The lowest BCUT2D eigenvalue weighted by Crippen LogP contribution is -2.16. The molecule has 0 N–H and O–H groups in total. The molecule has 1 heterocycles. The van der Waals surface area contributed by atoms with Crippen LogP contribution in [0.5, 0.6) is 0 Å². The lowest BCUT2D eigenvalue weighted by Gasteiger charge is -2.16. The van der Waals surface area contributed by atoms with Crippen molar-refractivity contribution in [2.45, 2.75) is 31.6 Å². The van der Waals surface area contributed by atoms with Gasteiger partial charge in [-0.05, 0) is 37.7 Å². The summed E-state index contributed by atoms with van der Waals surface area (Å²) in [5.74, 6) is 0. The fourth-order valence-electron chi connectivity index (χ4n) is 2.63. The zero-order valence-electron chi connectivity index (χ0n) is 10.3. The molecule has 1 aromatic carbocycles. The maximum Gasteiger partial charge on any atom is 0.0709 e. The van der Waals surface area contributed by atoms with Gasteiger partial charge in [0.05, 0.1) is 11.2 Å². The van der Waals surface area contributed by atoms with Gasteiger partial charge in [0.1, 0.15) is 0 Å². The third kappa shape index (κ3) is 1.75. The Kier molecular flexibility index (Phi) is 2.44. The Hall–Kier alpha value is -1.02. The maximum absolute atomic E-state index is 6.31. The van der Waals surface area contributed by atoms with Gasteiger partial charge in [-0.2, -0.15) is 5.10 Å². The summed E-state index contributed by atoms with van der Waals surface area (Å²) in [4.78, 5) is 0. The zero-order valence-corrected chi connectivity index (χ0v) is 11.0. The number of rotatable bonds is 3. The molecule has 3 heteroatoms. The lowest BCUT2D eigenvalue weighted by molar-refractivity contribution is 0.488. The number of halogens is 1. The zero-order chi connectivity index (χ0) is 12.0.